The minimum atomic E-state index is -0.991. The topological polar surface area (TPSA) is 35.2 Å². The Morgan fingerprint density at radius 2 is 2.21 bits per heavy atom. The van der Waals surface area contributed by atoms with Gasteiger partial charge in [-0.25, -0.2) is 8.78 Å². The lowest BCUT2D eigenvalue weighted by Crippen LogP contribution is -2.22. The van der Waals surface area contributed by atoms with Crippen molar-refractivity contribution in [1.82, 2.24) is 0 Å². The van der Waals surface area contributed by atoms with Crippen molar-refractivity contribution >= 4 is 11.6 Å². The summed E-state index contributed by atoms with van der Waals surface area (Å²) >= 11 is 5.70. The van der Waals surface area contributed by atoms with Gasteiger partial charge in [-0.15, -0.1) is 0 Å². The highest BCUT2D eigenvalue weighted by atomic mass is 35.5. The Labute approximate surface area is 84.6 Å². The molecule has 1 aromatic rings. The molecule has 1 aliphatic rings. The molecular formula is C9H8ClF2NO. The molecule has 0 saturated heterocycles. The van der Waals surface area contributed by atoms with Gasteiger partial charge in [-0.3, -0.25) is 0 Å². The third kappa shape index (κ3) is 1.35. The molecule has 0 bridgehead atoms. The number of rotatable bonds is 0. The molecule has 0 saturated carbocycles. The van der Waals surface area contributed by atoms with Gasteiger partial charge in [-0.05, 0) is 6.07 Å². The maximum atomic E-state index is 13.3. The van der Waals surface area contributed by atoms with Crippen LogP contribution in [0.2, 0.25) is 5.02 Å². The van der Waals surface area contributed by atoms with Crippen LogP contribution >= 0.6 is 11.6 Å². The van der Waals surface area contributed by atoms with Crippen LogP contribution in [0.3, 0.4) is 0 Å². The first-order valence-electron chi connectivity index (χ1n) is 4.17. The molecule has 5 heteroatoms. The SMILES string of the molecule is N[C@H]1CCOc2c(Cl)cc(F)c(F)c21. The summed E-state index contributed by atoms with van der Waals surface area (Å²) in [5.41, 5.74) is 5.68. The molecule has 0 aromatic heterocycles. The van der Waals surface area contributed by atoms with Gasteiger partial charge in [0.25, 0.3) is 0 Å². The molecule has 1 aromatic carbocycles. The Balaban J connectivity index is 2.67. The number of hydrogen-bond donors (Lipinski definition) is 1. The normalized spacial score (nSPS) is 20.1. The number of benzene rings is 1. The van der Waals surface area contributed by atoms with Crippen LogP contribution in [-0.2, 0) is 0 Å². The predicted octanol–water partition coefficient (Wildman–Crippen LogP) is 2.40. The number of nitrogens with two attached hydrogens (primary N) is 1. The minimum Gasteiger partial charge on any atom is -0.491 e. The van der Waals surface area contributed by atoms with E-state index in [4.69, 9.17) is 22.1 Å². The monoisotopic (exact) mass is 219 g/mol. The molecule has 0 spiro atoms. The number of hydrogen-bond acceptors (Lipinski definition) is 2. The van der Waals surface area contributed by atoms with Crippen LogP contribution < -0.4 is 10.5 Å². The van der Waals surface area contributed by atoms with E-state index in [9.17, 15) is 8.78 Å². The first-order valence-corrected chi connectivity index (χ1v) is 4.55. The van der Waals surface area contributed by atoms with Gasteiger partial charge in [0.05, 0.1) is 17.2 Å². The molecule has 2 rings (SSSR count). The molecule has 76 valence electrons. The molecular weight excluding hydrogens is 212 g/mol. The van der Waals surface area contributed by atoms with Gasteiger partial charge in [0, 0.05) is 12.5 Å². The van der Waals surface area contributed by atoms with E-state index in [1.165, 1.54) is 0 Å². The minimum absolute atomic E-state index is 0.0428. The Morgan fingerprint density at radius 1 is 1.50 bits per heavy atom. The van der Waals surface area contributed by atoms with Crippen molar-refractivity contribution in [3.63, 3.8) is 0 Å². The van der Waals surface area contributed by atoms with Crippen molar-refractivity contribution in [2.45, 2.75) is 12.5 Å². The maximum Gasteiger partial charge on any atom is 0.167 e. The summed E-state index contributed by atoms with van der Waals surface area (Å²) in [4.78, 5) is 0. The van der Waals surface area contributed by atoms with E-state index in [-0.39, 0.29) is 16.3 Å². The fourth-order valence-electron chi connectivity index (χ4n) is 1.51. The van der Waals surface area contributed by atoms with E-state index in [0.717, 1.165) is 6.07 Å². The van der Waals surface area contributed by atoms with Gasteiger partial charge in [0.2, 0.25) is 0 Å². The zero-order valence-corrected chi connectivity index (χ0v) is 7.94. The van der Waals surface area contributed by atoms with E-state index in [0.29, 0.717) is 13.0 Å². The van der Waals surface area contributed by atoms with Gasteiger partial charge in [0.15, 0.2) is 11.6 Å². The van der Waals surface area contributed by atoms with Gasteiger partial charge >= 0.3 is 0 Å². The second kappa shape index (κ2) is 3.37. The third-order valence-electron chi connectivity index (χ3n) is 2.21. The van der Waals surface area contributed by atoms with Crippen molar-refractivity contribution in [1.29, 1.82) is 0 Å². The van der Waals surface area contributed by atoms with E-state index in [2.05, 4.69) is 0 Å². The summed E-state index contributed by atoms with van der Waals surface area (Å²) in [5.74, 6) is -1.78. The summed E-state index contributed by atoms with van der Waals surface area (Å²) in [6, 6.07) is 0.347. The van der Waals surface area contributed by atoms with Gasteiger partial charge in [-0.2, -0.15) is 0 Å². The summed E-state index contributed by atoms with van der Waals surface area (Å²) in [7, 11) is 0. The number of fused-ring (bicyclic) bond motifs is 1. The van der Waals surface area contributed by atoms with Crippen molar-refractivity contribution in [3.8, 4) is 5.75 Å². The summed E-state index contributed by atoms with van der Waals surface area (Å²) in [6.07, 6.45) is 0.462. The Morgan fingerprint density at radius 3 is 2.93 bits per heavy atom. The molecule has 0 amide bonds. The second-order valence-corrected chi connectivity index (χ2v) is 3.55. The summed E-state index contributed by atoms with van der Waals surface area (Å²) in [6.45, 7) is 0.374. The number of ether oxygens (including phenoxy) is 1. The largest absolute Gasteiger partial charge is 0.491 e. The highest BCUT2D eigenvalue weighted by Crippen LogP contribution is 2.39. The van der Waals surface area contributed by atoms with E-state index < -0.39 is 17.7 Å². The van der Waals surface area contributed by atoms with E-state index >= 15 is 0 Å². The lowest BCUT2D eigenvalue weighted by Gasteiger charge is -2.24. The average molecular weight is 220 g/mol. The van der Waals surface area contributed by atoms with Crippen molar-refractivity contribution < 1.29 is 13.5 Å². The Bertz CT molecular complexity index is 384. The van der Waals surface area contributed by atoms with Crippen molar-refractivity contribution in [2.24, 2.45) is 5.73 Å². The Kier molecular flexibility index (Phi) is 2.33. The van der Waals surface area contributed by atoms with Crippen LogP contribution in [0.5, 0.6) is 5.75 Å². The molecule has 1 heterocycles. The molecule has 1 aliphatic heterocycles. The van der Waals surface area contributed by atoms with Crippen LogP contribution in [0.15, 0.2) is 6.07 Å². The zero-order valence-electron chi connectivity index (χ0n) is 7.19. The first kappa shape index (κ1) is 9.68. The molecule has 2 N–H and O–H groups in total. The predicted molar refractivity (Wildman–Crippen MR) is 48.4 cm³/mol. The van der Waals surface area contributed by atoms with Crippen molar-refractivity contribution in [2.75, 3.05) is 6.61 Å². The highest BCUT2D eigenvalue weighted by Gasteiger charge is 2.27. The quantitative estimate of drug-likeness (QED) is 0.680. The molecule has 0 aliphatic carbocycles. The molecule has 14 heavy (non-hydrogen) atoms. The zero-order chi connectivity index (χ0) is 10.3. The smallest absolute Gasteiger partial charge is 0.167 e. The lowest BCUT2D eigenvalue weighted by molar-refractivity contribution is 0.261. The highest BCUT2D eigenvalue weighted by molar-refractivity contribution is 6.32. The summed E-state index contributed by atoms with van der Waals surface area (Å²) in [5, 5.41) is 0.0639. The molecule has 0 unspecified atom stereocenters. The first-order chi connectivity index (χ1) is 6.61. The lowest BCUT2D eigenvalue weighted by atomic mass is 10.0. The van der Waals surface area contributed by atoms with Crippen LogP contribution in [0.1, 0.15) is 18.0 Å². The number of halogens is 3. The molecule has 2 nitrogen and oxygen atoms in total. The van der Waals surface area contributed by atoms with Gasteiger partial charge in [-0.1, -0.05) is 11.6 Å². The fourth-order valence-corrected chi connectivity index (χ4v) is 1.76. The van der Waals surface area contributed by atoms with Crippen LogP contribution in [-0.4, -0.2) is 6.61 Å². The second-order valence-electron chi connectivity index (χ2n) is 3.14. The fraction of sp³-hybridized carbons (Fsp3) is 0.333. The standard InChI is InChI=1S/C9H8ClF2NO/c10-4-3-5(11)8(12)7-6(13)1-2-14-9(4)7/h3,6H,1-2,13H2/t6-/m0/s1. The average Bonchev–Trinajstić information content (AvgIpc) is 2.14. The summed E-state index contributed by atoms with van der Waals surface area (Å²) < 4.78 is 31.4. The third-order valence-corrected chi connectivity index (χ3v) is 2.49. The maximum absolute atomic E-state index is 13.3. The molecule has 0 fully saturated rings. The van der Waals surface area contributed by atoms with Gasteiger partial charge in [0.1, 0.15) is 5.75 Å². The molecule has 1 atom stereocenters. The molecule has 0 radical (unpaired) electrons. The Hall–Kier alpha value is -0.870. The van der Waals surface area contributed by atoms with E-state index in [1.807, 2.05) is 0 Å². The van der Waals surface area contributed by atoms with Crippen molar-refractivity contribution in [3.05, 3.63) is 28.3 Å². The van der Waals surface area contributed by atoms with E-state index in [1.54, 1.807) is 0 Å². The van der Waals surface area contributed by atoms with Crippen LogP contribution in [0, 0.1) is 11.6 Å². The van der Waals surface area contributed by atoms with Crippen LogP contribution in [0.4, 0.5) is 8.78 Å². The van der Waals surface area contributed by atoms with Gasteiger partial charge < -0.3 is 10.5 Å². The van der Waals surface area contributed by atoms with Crippen LogP contribution in [0.25, 0.3) is 0 Å².